The molecule has 0 aliphatic carbocycles. The van der Waals surface area contributed by atoms with Crippen LogP contribution in [-0.4, -0.2) is 56.5 Å². The van der Waals surface area contributed by atoms with Crippen LogP contribution in [0.2, 0.25) is 0 Å². The Kier molecular flexibility index (Phi) is 5.88. The molecule has 0 radical (unpaired) electrons. The molecular weight excluding hydrogens is 272 g/mol. The van der Waals surface area contributed by atoms with Gasteiger partial charge in [-0.25, -0.2) is 0 Å². The molecule has 1 atom stereocenters. The average molecular weight is 294 g/mol. The Morgan fingerprint density at radius 1 is 1.45 bits per heavy atom. The maximum absolute atomic E-state index is 11.9. The van der Waals surface area contributed by atoms with Gasteiger partial charge in [-0.3, -0.25) is 4.79 Å². The summed E-state index contributed by atoms with van der Waals surface area (Å²) in [5, 5.41) is 2.95. The van der Waals surface area contributed by atoms with E-state index in [9.17, 15) is 4.79 Å². The van der Waals surface area contributed by atoms with Crippen LogP contribution in [0.5, 0.6) is 0 Å². The lowest BCUT2D eigenvalue weighted by Gasteiger charge is -2.30. The number of thioether (sulfide) groups is 1. The number of carbonyl (C=O) groups excluding carboxylic acids is 1. The molecule has 1 heterocycles. The van der Waals surface area contributed by atoms with Crippen LogP contribution in [0.3, 0.4) is 0 Å². The molecule has 1 amide bonds. The van der Waals surface area contributed by atoms with Gasteiger partial charge in [-0.15, -0.1) is 11.8 Å². The predicted octanol–water partition coefficient (Wildman–Crippen LogP) is 1.40. The van der Waals surface area contributed by atoms with Crippen molar-refractivity contribution < 1.29 is 9.53 Å². The number of ether oxygens (including phenoxy) is 1. The summed E-state index contributed by atoms with van der Waals surface area (Å²) in [6, 6.07) is 8.12. The molecule has 0 saturated carbocycles. The molecule has 1 N–H and O–H groups in total. The number of nitrogens with one attached hydrogen (secondary N) is 1. The van der Waals surface area contributed by atoms with Crippen LogP contribution in [0.4, 0.5) is 0 Å². The SMILES string of the molecule is CSc1ccc(CC(=O)NCC2CN(C)CCO2)cc1. The van der Waals surface area contributed by atoms with Crippen LogP contribution in [0.1, 0.15) is 5.56 Å². The first-order chi connectivity index (χ1) is 9.67. The normalized spacial score (nSPS) is 19.8. The average Bonchev–Trinajstić information content (AvgIpc) is 2.46. The summed E-state index contributed by atoms with van der Waals surface area (Å²) in [6.45, 7) is 3.17. The number of rotatable bonds is 5. The summed E-state index contributed by atoms with van der Waals surface area (Å²) in [4.78, 5) is 15.3. The van der Waals surface area contributed by atoms with Crippen molar-refractivity contribution in [3.05, 3.63) is 29.8 Å². The highest BCUT2D eigenvalue weighted by Gasteiger charge is 2.18. The van der Waals surface area contributed by atoms with E-state index in [1.807, 2.05) is 30.5 Å². The summed E-state index contributed by atoms with van der Waals surface area (Å²) in [5.74, 6) is 0.0544. The zero-order valence-corrected chi connectivity index (χ0v) is 12.9. The van der Waals surface area contributed by atoms with Gasteiger partial charge in [-0.2, -0.15) is 0 Å². The van der Waals surface area contributed by atoms with Crippen molar-refractivity contribution in [1.29, 1.82) is 0 Å². The number of nitrogens with zero attached hydrogens (tertiary/aromatic N) is 1. The third kappa shape index (κ3) is 4.81. The fraction of sp³-hybridized carbons (Fsp3) is 0.533. The second-order valence-electron chi connectivity index (χ2n) is 5.08. The van der Waals surface area contributed by atoms with Gasteiger partial charge in [-0.05, 0) is 31.0 Å². The van der Waals surface area contributed by atoms with E-state index in [1.54, 1.807) is 11.8 Å². The molecule has 1 aliphatic rings. The number of amides is 1. The molecule has 0 spiro atoms. The lowest BCUT2D eigenvalue weighted by atomic mass is 10.1. The fourth-order valence-electron chi connectivity index (χ4n) is 2.21. The van der Waals surface area contributed by atoms with Gasteiger partial charge in [0.15, 0.2) is 0 Å². The van der Waals surface area contributed by atoms with E-state index in [4.69, 9.17) is 4.74 Å². The number of morpholine rings is 1. The van der Waals surface area contributed by atoms with Crippen molar-refractivity contribution in [3.63, 3.8) is 0 Å². The highest BCUT2D eigenvalue weighted by molar-refractivity contribution is 7.98. The lowest BCUT2D eigenvalue weighted by molar-refractivity contribution is -0.121. The van der Waals surface area contributed by atoms with Gasteiger partial charge in [-0.1, -0.05) is 12.1 Å². The summed E-state index contributed by atoms with van der Waals surface area (Å²) >= 11 is 1.70. The van der Waals surface area contributed by atoms with E-state index >= 15 is 0 Å². The first-order valence-electron chi connectivity index (χ1n) is 6.87. The van der Waals surface area contributed by atoms with Crippen molar-refractivity contribution in [3.8, 4) is 0 Å². The van der Waals surface area contributed by atoms with Crippen molar-refractivity contribution >= 4 is 17.7 Å². The van der Waals surface area contributed by atoms with Gasteiger partial charge in [0.25, 0.3) is 0 Å². The molecule has 1 aromatic rings. The van der Waals surface area contributed by atoms with Gasteiger partial charge in [0.05, 0.1) is 19.1 Å². The molecule has 110 valence electrons. The van der Waals surface area contributed by atoms with E-state index in [1.165, 1.54) is 4.90 Å². The molecule has 5 heteroatoms. The molecule has 0 aromatic heterocycles. The Labute approximate surface area is 124 Å². The quantitative estimate of drug-likeness (QED) is 0.834. The van der Waals surface area contributed by atoms with Crippen LogP contribution in [0.25, 0.3) is 0 Å². The molecule has 1 aromatic carbocycles. The highest BCUT2D eigenvalue weighted by Crippen LogP contribution is 2.15. The molecule has 1 aliphatic heterocycles. The Balaban J connectivity index is 1.74. The number of benzene rings is 1. The van der Waals surface area contributed by atoms with Crippen LogP contribution in [0.15, 0.2) is 29.2 Å². The second kappa shape index (κ2) is 7.67. The summed E-state index contributed by atoms with van der Waals surface area (Å²) in [5.41, 5.74) is 1.04. The summed E-state index contributed by atoms with van der Waals surface area (Å²) < 4.78 is 5.62. The maximum atomic E-state index is 11.9. The number of likely N-dealkylation sites (N-methyl/N-ethyl adjacent to an activating group) is 1. The van der Waals surface area contributed by atoms with Gasteiger partial charge >= 0.3 is 0 Å². The van der Waals surface area contributed by atoms with Crippen molar-refractivity contribution in [2.75, 3.05) is 39.5 Å². The van der Waals surface area contributed by atoms with Crippen LogP contribution in [-0.2, 0) is 16.0 Å². The maximum Gasteiger partial charge on any atom is 0.224 e. The highest BCUT2D eigenvalue weighted by atomic mass is 32.2. The van der Waals surface area contributed by atoms with E-state index in [0.717, 1.165) is 25.3 Å². The van der Waals surface area contributed by atoms with Crippen LogP contribution >= 0.6 is 11.8 Å². The Morgan fingerprint density at radius 3 is 2.85 bits per heavy atom. The topological polar surface area (TPSA) is 41.6 Å². The van der Waals surface area contributed by atoms with Crippen LogP contribution < -0.4 is 5.32 Å². The minimum Gasteiger partial charge on any atom is -0.374 e. The first-order valence-corrected chi connectivity index (χ1v) is 8.09. The minimum atomic E-state index is 0.0544. The fourth-order valence-corrected chi connectivity index (χ4v) is 2.62. The molecule has 1 fully saturated rings. The van der Waals surface area contributed by atoms with Crippen molar-refractivity contribution in [2.24, 2.45) is 0 Å². The molecule has 4 nitrogen and oxygen atoms in total. The summed E-state index contributed by atoms with van der Waals surface area (Å²) in [7, 11) is 2.07. The van der Waals surface area contributed by atoms with Crippen molar-refractivity contribution in [2.45, 2.75) is 17.4 Å². The van der Waals surface area contributed by atoms with E-state index in [0.29, 0.717) is 13.0 Å². The Hall–Kier alpha value is -1.04. The zero-order chi connectivity index (χ0) is 14.4. The van der Waals surface area contributed by atoms with Gasteiger partial charge in [0.1, 0.15) is 0 Å². The van der Waals surface area contributed by atoms with E-state index in [-0.39, 0.29) is 12.0 Å². The van der Waals surface area contributed by atoms with Crippen LogP contribution in [0, 0.1) is 0 Å². The third-order valence-corrected chi connectivity index (χ3v) is 4.14. The summed E-state index contributed by atoms with van der Waals surface area (Å²) in [6.07, 6.45) is 2.58. The number of hydrogen-bond acceptors (Lipinski definition) is 4. The first kappa shape index (κ1) is 15.4. The smallest absolute Gasteiger partial charge is 0.224 e. The van der Waals surface area contributed by atoms with Gasteiger partial charge < -0.3 is 15.0 Å². The monoisotopic (exact) mass is 294 g/mol. The van der Waals surface area contributed by atoms with E-state index < -0.39 is 0 Å². The number of hydrogen-bond donors (Lipinski definition) is 1. The third-order valence-electron chi connectivity index (χ3n) is 3.39. The second-order valence-corrected chi connectivity index (χ2v) is 5.96. The van der Waals surface area contributed by atoms with Gasteiger partial charge in [0, 0.05) is 24.5 Å². The predicted molar refractivity (Wildman–Crippen MR) is 82.2 cm³/mol. The molecule has 1 saturated heterocycles. The molecule has 0 bridgehead atoms. The molecule has 2 rings (SSSR count). The Morgan fingerprint density at radius 2 is 2.20 bits per heavy atom. The van der Waals surface area contributed by atoms with E-state index in [2.05, 4.69) is 17.3 Å². The largest absolute Gasteiger partial charge is 0.374 e. The lowest BCUT2D eigenvalue weighted by Crippen LogP contribution is -2.46. The Bertz CT molecular complexity index is 436. The van der Waals surface area contributed by atoms with Crippen molar-refractivity contribution in [1.82, 2.24) is 10.2 Å². The molecule has 20 heavy (non-hydrogen) atoms. The number of carbonyl (C=O) groups is 1. The van der Waals surface area contributed by atoms with Gasteiger partial charge in [0.2, 0.25) is 5.91 Å². The molecular formula is C15H22N2O2S. The molecule has 1 unspecified atom stereocenters. The minimum absolute atomic E-state index is 0.0544. The zero-order valence-electron chi connectivity index (χ0n) is 12.1. The standard InChI is InChI=1S/C15H22N2O2S/c1-17-7-8-19-13(11-17)10-16-15(18)9-12-3-5-14(20-2)6-4-12/h3-6,13H,7-11H2,1-2H3,(H,16,18).